The van der Waals surface area contributed by atoms with Gasteiger partial charge >= 0.3 is 0 Å². The molecule has 152 valence electrons. The first-order valence-corrected chi connectivity index (χ1v) is 10.3. The van der Waals surface area contributed by atoms with Gasteiger partial charge in [0.25, 0.3) is 0 Å². The van der Waals surface area contributed by atoms with Crippen LogP contribution in [0.4, 0.5) is 0 Å². The van der Waals surface area contributed by atoms with Crippen molar-refractivity contribution in [2.24, 2.45) is 0 Å². The molecule has 0 saturated heterocycles. The maximum Gasteiger partial charge on any atom is 0.169 e. The van der Waals surface area contributed by atoms with Crippen LogP contribution >= 0.6 is 0 Å². The Morgan fingerprint density at radius 1 is 0.750 bits per heavy atom. The lowest BCUT2D eigenvalue weighted by atomic mass is 10.1. The van der Waals surface area contributed by atoms with E-state index in [4.69, 9.17) is 0 Å². The molecule has 0 fully saturated rings. The number of quaternary nitrogens is 2. The number of aryl methyl sites for hydroxylation is 2. The highest BCUT2D eigenvalue weighted by atomic mass is 15.3. The maximum atomic E-state index is 4.09. The van der Waals surface area contributed by atoms with Crippen LogP contribution in [0.15, 0.2) is 61.3 Å². The van der Waals surface area contributed by atoms with Gasteiger partial charge in [-0.25, -0.2) is 9.13 Å². The number of pyridine rings is 2. The van der Waals surface area contributed by atoms with Crippen LogP contribution in [0.25, 0.3) is 11.1 Å². The number of aromatic nitrogens is 2. The third kappa shape index (κ3) is 7.17. The van der Waals surface area contributed by atoms with Gasteiger partial charge in [-0.1, -0.05) is 0 Å². The van der Waals surface area contributed by atoms with E-state index in [9.17, 15) is 0 Å². The molecule has 4 nitrogen and oxygen atoms in total. The van der Waals surface area contributed by atoms with Gasteiger partial charge in [-0.2, -0.15) is 0 Å². The predicted molar refractivity (Wildman–Crippen MR) is 116 cm³/mol. The molecule has 2 aromatic heterocycles. The SMILES string of the molecule is C=C(C)[N+](C)(C)CCC[n+]1ccc(-c2cc[n+](CCC[N+](C)(C)C)cc2)cc1. The lowest BCUT2D eigenvalue weighted by Gasteiger charge is -2.28. The monoisotopic (exact) mass is 384 g/mol. The van der Waals surface area contributed by atoms with Crippen molar-refractivity contribution in [3.8, 4) is 11.1 Å². The van der Waals surface area contributed by atoms with Gasteiger partial charge in [-0.15, -0.1) is 0 Å². The van der Waals surface area contributed by atoms with Crippen molar-refractivity contribution in [1.82, 2.24) is 0 Å². The first kappa shape index (κ1) is 22.3. The fourth-order valence-corrected chi connectivity index (χ4v) is 3.16. The number of hydrogen-bond acceptors (Lipinski definition) is 0. The summed E-state index contributed by atoms with van der Waals surface area (Å²) in [5.41, 5.74) is 3.75. The molecule has 0 amide bonds. The quantitative estimate of drug-likeness (QED) is 0.439. The summed E-state index contributed by atoms with van der Waals surface area (Å²) >= 11 is 0. The standard InChI is InChI=1S/C24H40N4/c1-22(2)28(6,7)21-9-15-26-18-12-24(13-19-26)23-10-16-25(17-11-23)14-8-20-27(3,4)5/h10-13,16-19H,1,8-9,14-15,20-21H2,2-7H3/q+4. The van der Waals surface area contributed by atoms with Gasteiger partial charge in [0.2, 0.25) is 0 Å². The van der Waals surface area contributed by atoms with E-state index in [1.807, 2.05) is 0 Å². The van der Waals surface area contributed by atoms with E-state index >= 15 is 0 Å². The summed E-state index contributed by atoms with van der Waals surface area (Å²) in [4.78, 5) is 0. The molecule has 0 aliphatic carbocycles. The highest BCUT2D eigenvalue weighted by Gasteiger charge is 2.17. The van der Waals surface area contributed by atoms with Crippen LogP contribution < -0.4 is 9.13 Å². The minimum Gasteiger partial charge on any atom is -0.331 e. The van der Waals surface area contributed by atoms with Crippen molar-refractivity contribution in [1.29, 1.82) is 0 Å². The molecule has 0 atom stereocenters. The summed E-state index contributed by atoms with van der Waals surface area (Å²) < 4.78 is 6.46. The van der Waals surface area contributed by atoms with Crippen LogP contribution in [0.2, 0.25) is 0 Å². The zero-order valence-corrected chi connectivity index (χ0v) is 18.9. The molecule has 0 unspecified atom stereocenters. The fourth-order valence-electron chi connectivity index (χ4n) is 3.16. The Hall–Kier alpha value is -2.04. The number of allylic oxidation sites excluding steroid dienone is 1. The molecule has 0 saturated carbocycles. The molecule has 0 N–H and O–H groups in total. The third-order valence-electron chi connectivity index (χ3n) is 5.53. The Kier molecular flexibility index (Phi) is 7.50. The third-order valence-corrected chi connectivity index (χ3v) is 5.53. The van der Waals surface area contributed by atoms with E-state index in [0.717, 1.165) is 35.0 Å². The van der Waals surface area contributed by atoms with Crippen molar-refractivity contribution in [3.63, 3.8) is 0 Å². The number of nitrogens with zero attached hydrogens (tertiary/aromatic N) is 4. The van der Waals surface area contributed by atoms with Crippen LogP contribution in [0.3, 0.4) is 0 Å². The Bertz CT molecular complexity index is 753. The van der Waals surface area contributed by atoms with Gasteiger partial charge < -0.3 is 8.97 Å². The zero-order valence-electron chi connectivity index (χ0n) is 18.9. The van der Waals surface area contributed by atoms with Gasteiger partial charge in [-0.3, -0.25) is 0 Å². The molecule has 0 bridgehead atoms. The zero-order chi connectivity index (χ0) is 20.8. The minimum absolute atomic E-state index is 0.886. The fraction of sp³-hybridized carbons (Fsp3) is 0.500. The summed E-state index contributed by atoms with van der Waals surface area (Å²) in [7, 11) is 11.2. The molecule has 2 rings (SSSR count). The predicted octanol–water partition coefficient (Wildman–Crippen LogP) is 3.03. The van der Waals surface area contributed by atoms with Crippen molar-refractivity contribution in [2.75, 3.05) is 48.3 Å². The van der Waals surface area contributed by atoms with E-state index in [1.54, 1.807) is 0 Å². The van der Waals surface area contributed by atoms with E-state index in [2.05, 4.69) is 107 Å². The van der Waals surface area contributed by atoms with Crippen molar-refractivity contribution < 1.29 is 18.1 Å². The molecule has 0 spiro atoms. The van der Waals surface area contributed by atoms with Gasteiger partial charge in [-0.05, 0) is 17.7 Å². The second-order valence-corrected chi connectivity index (χ2v) is 9.51. The lowest BCUT2D eigenvalue weighted by molar-refractivity contribution is -0.873. The highest BCUT2D eigenvalue weighted by Crippen LogP contribution is 2.15. The molecule has 2 heterocycles. The first-order chi connectivity index (χ1) is 13.1. The Morgan fingerprint density at radius 2 is 1.14 bits per heavy atom. The van der Waals surface area contributed by atoms with E-state index in [1.165, 1.54) is 29.8 Å². The minimum atomic E-state index is 0.886. The summed E-state index contributed by atoms with van der Waals surface area (Å²) in [6, 6.07) is 8.88. The molecule has 4 heteroatoms. The largest absolute Gasteiger partial charge is 0.331 e. The van der Waals surface area contributed by atoms with Crippen molar-refractivity contribution in [2.45, 2.75) is 32.9 Å². The lowest BCUT2D eigenvalue weighted by Crippen LogP contribution is -2.41. The summed E-state index contributed by atoms with van der Waals surface area (Å²) in [5, 5.41) is 0. The van der Waals surface area contributed by atoms with Gasteiger partial charge in [0, 0.05) is 31.2 Å². The molecule has 0 aliphatic heterocycles. The number of hydrogen-bond donors (Lipinski definition) is 0. The molecule has 0 radical (unpaired) electrons. The van der Waals surface area contributed by atoms with E-state index in [0.29, 0.717) is 0 Å². The molecule has 0 aromatic carbocycles. The molecular formula is C24H40N4+4. The Morgan fingerprint density at radius 3 is 1.50 bits per heavy atom. The smallest absolute Gasteiger partial charge is 0.169 e. The summed E-state index contributed by atoms with van der Waals surface area (Å²) in [5.74, 6) is 0. The first-order valence-electron chi connectivity index (χ1n) is 10.3. The second-order valence-electron chi connectivity index (χ2n) is 9.51. The average Bonchev–Trinajstić information content (AvgIpc) is 2.62. The molecular weight excluding hydrogens is 344 g/mol. The van der Waals surface area contributed by atoms with Gasteiger partial charge in [0.05, 0.1) is 66.9 Å². The maximum absolute atomic E-state index is 4.09. The topological polar surface area (TPSA) is 7.76 Å². The summed E-state index contributed by atoms with van der Waals surface area (Å²) in [6.07, 6.45) is 11.1. The van der Waals surface area contributed by atoms with Crippen LogP contribution in [-0.4, -0.2) is 57.3 Å². The van der Waals surface area contributed by atoms with Crippen molar-refractivity contribution in [3.05, 3.63) is 61.3 Å². The van der Waals surface area contributed by atoms with Crippen LogP contribution in [0, 0.1) is 0 Å². The molecule has 2 aromatic rings. The van der Waals surface area contributed by atoms with Crippen LogP contribution in [0.5, 0.6) is 0 Å². The van der Waals surface area contributed by atoms with Gasteiger partial charge in [0.15, 0.2) is 37.9 Å². The Labute approximate surface area is 172 Å². The van der Waals surface area contributed by atoms with E-state index in [-0.39, 0.29) is 0 Å². The van der Waals surface area contributed by atoms with Gasteiger partial charge in [0.1, 0.15) is 0 Å². The number of rotatable bonds is 10. The Balaban J connectivity index is 1.88. The molecule has 0 aliphatic rings. The second kappa shape index (κ2) is 9.44. The van der Waals surface area contributed by atoms with Crippen molar-refractivity contribution >= 4 is 0 Å². The highest BCUT2D eigenvalue weighted by molar-refractivity contribution is 5.60. The normalized spacial score (nSPS) is 12.2. The van der Waals surface area contributed by atoms with Crippen LogP contribution in [-0.2, 0) is 13.1 Å². The summed E-state index contributed by atoms with van der Waals surface area (Å²) in [6.45, 7) is 10.6. The van der Waals surface area contributed by atoms with Crippen LogP contribution in [0.1, 0.15) is 19.8 Å². The molecule has 28 heavy (non-hydrogen) atoms. The van der Waals surface area contributed by atoms with E-state index < -0.39 is 0 Å². The average molecular weight is 385 g/mol.